The molecule has 4 aromatic heterocycles. The fraction of sp³-hybridized carbons (Fsp3) is 0.0244. The lowest BCUT2D eigenvalue weighted by molar-refractivity contribution is -0.649. The Morgan fingerprint density at radius 3 is 1.27 bits per heavy atom. The van der Waals surface area contributed by atoms with E-state index < -0.39 is 0 Å². The molecule has 0 aliphatic heterocycles. The normalized spacial score (nSPS) is 11.8. The van der Waals surface area contributed by atoms with Crippen LogP contribution >= 0.6 is 0 Å². The molecule has 0 atom stereocenters. The minimum atomic E-state index is 0.892. The average molecular weight is 1130 g/mol. The molecule has 414 valence electrons. The molecule has 4 heterocycles. The van der Waals surface area contributed by atoms with E-state index in [1.807, 2.05) is 24.3 Å². The van der Waals surface area contributed by atoms with Gasteiger partial charge in [0.05, 0.1) is 30.8 Å². The van der Waals surface area contributed by atoms with Gasteiger partial charge in [0.25, 0.3) is 0 Å². The van der Waals surface area contributed by atoms with Gasteiger partial charge in [-0.2, -0.15) is 4.57 Å². The summed E-state index contributed by atoms with van der Waals surface area (Å²) >= 11 is 0. The van der Waals surface area contributed by atoms with Crippen molar-refractivity contribution in [1.82, 2.24) is 9.13 Å². The van der Waals surface area contributed by atoms with E-state index in [0.717, 1.165) is 161 Å². The van der Waals surface area contributed by atoms with Crippen molar-refractivity contribution in [2.75, 3.05) is 0 Å². The number of rotatable bonds is 10. The average Bonchev–Trinajstić information content (AvgIpc) is 1.71. The summed E-state index contributed by atoms with van der Waals surface area (Å²) in [7, 11) is 4.17. The fourth-order valence-corrected chi connectivity index (χ4v) is 13.6. The number of benzene rings is 13. The highest BCUT2D eigenvalue weighted by molar-refractivity contribution is 6.11. The molecule has 88 heavy (non-hydrogen) atoms. The highest BCUT2D eigenvalue weighted by atomic mass is 16.3. The predicted octanol–water partition coefficient (Wildman–Crippen LogP) is 20.2. The summed E-state index contributed by atoms with van der Waals surface area (Å²) in [5, 5.41) is 4.48. The molecule has 13 aromatic carbocycles. The maximum absolute atomic E-state index is 6.53. The van der Waals surface area contributed by atoms with Gasteiger partial charge >= 0.3 is 0 Å². The largest absolute Gasteiger partial charge is 0.455 e. The van der Waals surface area contributed by atoms with Crippen LogP contribution in [0.4, 0.5) is 0 Å². The molecule has 0 radical (unpaired) electrons. The van der Waals surface area contributed by atoms with Crippen LogP contribution < -0.4 is 9.13 Å². The van der Waals surface area contributed by atoms with E-state index >= 15 is 0 Å². The molecule has 0 fully saturated rings. The second-order valence-electron chi connectivity index (χ2n) is 22.9. The van der Waals surface area contributed by atoms with Crippen LogP contribution in [0.3, 0.4) is 0 Å². The topological polar surface area (TPSA) is 43.9 Å². The van der Waals surface area contributed by atoms with Crippen LogP contribution in [0.15, 0.2) is 306 Å². The molecule has 6 heteroatoms. The zero-order chi connectivity index (χ0) is 58.4. The van der Waals surface area contributed by atoms with Gasteiger partial charge in [-0.3, -0.25) is 0 Å². The number of furan rings is 2. The third-order valence-electron chi connectivity index (χ3n) is 17.8. The fourth-order valence-electron chi connectivity index (χ4n) is 13.6. The lowest BCUT2D eigenvalue weighted by Gasteiger charge is -2.19. The first kappa shape index (κ1) is 50.9. The Labute approximate surface area is 508 Å². The smallest absolute Gasteiger partial charge is 0.249 e. The molecule has 0 unspecified atom stereocenters. The van der Waals surface area contributed by atoms with Crippen LogP contribution in [0.5, 0.6) is 0 Å². The molecule has 0 N–H and O–H groups in total. The van der Waals surface area contributed by atoms with Gasteiger partial charge in [-0.1, -0.05) is 237 Å². The van der Waals surface area contributed by atoms with E-state index in [2.05, 4.69) is 312 Å². The van der Waals surface area contributed by atoms with E-state index in [1.165, 1.54) is 5.52 Å². The number of aryl methyl sites for hydroxylation is 2. The van der Waals surface area contributed by atoms with E-state index in [-0.39, 0.29) is 0 Å². The van der Waals surface area contributed by atoms with Gasteiger partial charge in [-0.05, 0) is 132 Å². The van der Waals surface area contributed by atoms with Crippen LogP contribution in [0.1, 0.15) is 0 Å². The molecule has 0 amide bonds. The summed E-state index contributed by atoms with van der Waals surface area (Å²) in [6.07, 6.45) is 5.79. The zero-order valence-electron chi connectivity index (χ0n) is 48.4. The molecule has 0 aliphatic rings. The van der Waals surface area contributed by atoms with E-state index in [1.54, 1.807) is 0 Å². The summed E-state index contributed by atoms with van der Waals surface area (Å²) in [5.41, 5.74) is 28.1. The van der Waals surface area contributed by atoms with Crippen LogP contribution in [0.2, 0.25) is 0 Å². The summed E-state index contributed by atoms with van der Waals surface area (Å²) in [6, 6.07) is 105. The summed E-state index contributed by atoms with van der Waals surface area (Å²) < 4.78 is 21.8. The molecule has 0 saturated heterocycles. The maximum atomic E-state index is 6.53. The van der Waals surface area contributed by atoms with Crippen molar-refractivity contribution in [1.29, 1.82) is 0 Å². The Hall–Kier alpha value is -11.6. The first-order valence-electron chi connectivity index (χ1n) is 29.9. The van der Waals surface area contributed by atoms with Gasteiger partial charge in [0, 0.05) is 32.7 Å². The highest BCUT2D eigenvalue weighted by Crippen LogP contribution is 2.45. The Morgan fingerprint density at radius 1 is 0.295 bits per heavy atom. The number of fused-ring (bicyclic) bond motifs is 8. The van der Waals surface area contributed by atoms with Gasteiger partial charge < -0.3 is 18.0 Å². The van der Waals surface area contributed by atoms with E-state index in [4.69, 9.17) is 8.83 Å². The van der Waals surface area contributed by atoms with Gasteiger partial charge in [0.1, 0.15) is 28.0 Å². The number of imidazole rings is 2. The molecule has 6 nitrogen and oxygen atoms in total. The summed E-state index contributed by atoms with van der Waals surface area (Å²) in [5.74, 6) is 0. The zero-order valence-corrected chi connectivity index (χ0v) is 48.4. The van der Waals surface area contributed by atoms with Crippen molar-refractivity contribution >= 4 is 65.9 Å². The van der Waals surface area contributed by atoms with Crippen LogP contribution in [0.25, 0.3) is 166 Å². The Morgan fingerprint density at radius 2 is 0.705 bits per heavy atom. The third-order valence-corrected chi connectivity index (χ3v) is 17.8. The minimum Gasteiger partial charge on any atom is -0.455 e. The second kappa shape index (κ2) is 20.6. The molecule has 0 bridgehead atoms. The first-order valence-corrected chi connectivity index (χ1v) is 29.9. The summed E-state index contributed by atoms with van der Waals surface area (Å²) in [6.45, 7) is 0. The molecule has 0 spiro atoms. The SMILES string of the molecule is C[n+]1[c-]n(-c2ccc(-c3ccccc3-c3cccc(-c4ccccc4-c4ccc(-n5c[n+](C)c6ccccc65)cc4-c4ccc(-c5cccc6c5oc5ccccc56)cc4)c3)c(-c3ccc(-c4cccc5c4oc4ccccc45)cc3)c2)c2ccccc21. The highest BCUT2D eigenvalue weighted by Gasteiger charge is 2.22. The molecule has 0 aliphatic carbocycles. The molecular formula is C82H55N4O2+. The molecule has 0 saturated carbocycles. The van der Waals surface area contributed by atoms with Crippen LogP contribution in [0, 0.1) is 6.33 Å². The quantitative estimate of drug-likeness (QED) is 0.101. The molecule has 17 aromatic rings. The Balaban J connectivity index is 0.781. The molecule has 17 rings (SSSR count). The number of hydrogen-bond acceptors (Lipinski definition) is 2. The molecular weight excluding hydrogens is 1070 g/mol. The lowest BCUT2D eigenvalue weighted by Crippen LogP contribution is -2.26. The lowest BCUT2D eigenvalue weighted by atomic mass is 9.86. The Kier molecular flexibility index (Phi) is 11.9. The van der Waals surface area contributed by atoms with Crippen molar-refractivity contribution in [2.45, 2.75) is 0 Å². The number of para-hydroxylation sites is 8. The van der Waals surface area contributed by atoms with Gasteiger partial charge in [0.2, 0.25) is 12.7 Å². The predicted molar refractivity (Wildman–Crippen MR) is 359 cm³/mol. The van der Waals surface area contributed by atoms with Crippen LogP contribution in [-0.4, -0.2) is 9.13 Å². The van der Waals surface area contributed by atoms with Crippen molar-refractivity contribution in [2.24, 2.45) is 14.1 Å². The first-order chi connectivity index (χ1) is 43.5. The second-order valence-corrected chi connectivity index (χ2v) is 22.9. The van der Waals surface area contributed by atoms with E-state index in [0.29, 0.717) is 0 Å². The number of hydrogen-bond donors (Lipinski definition) is 0. The van der Waals surface area contributed by atoms with Gasteiger partial charge in [-0.15, -0.1) is 0 Å². The summed E-state index contributed by atoms with van der Waals surface area (Å²) in [4.78, 5) is 0. The van der Waals surface area contributed by atoms with Gasteiger partial charge in [-0.25, -0.2) is 4.57 Å². The maximum Gasteiger partial charge on any atom is 0.249 e. The Bertz CT molecular complexity index is 5260. The van der Waals surface area contributed by atoms with Gasteiger partial charge in [0.15, 0.2) is 11.0 Å². The number of nitrogens with zero attached hydrogens (tertiary/aromatic N) is 4. The van der Waals surface area contributed by atoms with Crippen molar-refractivity contribution in [3.8, 4) is 100 Å². The van der Waals surface area contributed by atoms with E-state index in [9.17, 15) is 0 Å². The number of aromatic nitrogens is 4. The monoisotopic (exact) mass is 1130 g/mol. The van der Waals surface area contributed by atoms with Crippen molar-refractivity contribution < 1.29 is 18.0 Å². The standard InChI is InChI=1S/C82H55N4O2/c1-83-51-85(77-32-11-9-30-75(77)83)59-44-46-67(73(49-59)55-40-36-53(37-41-55)63-26-16-28-71-69-24-7-13-34-79(69)87-81(63)71)65-22-5-3-20-61(65)57-18-15-19-58(48-57)62-21-4-6-23-66(62)68-47-45-60(86-52-84(2)76-31-10-12-33-78(76)86)50-74(68)56-42-38-54(39-43-56)64-27-17-29-72-70-25-8-14-35-80(70)88-82(64)72/h3-51H,1-2H3/q+1. The van der Waals surface area contributed by atoms with Crippen molar-refractivity contribution in [3.05, 3.63) is 304 Å². The third kappa shape index (κ3) is 8.40. The minimum absolute atomic E-state index is 0.892. The van der Waals surface area contributed by atoms with Crippen LogP contribution in [-0.2, 0) is 14.1 Å². The van der Waals surface area contributed by atoms with Crippen molar-refractivity contribution in [3.63, 3.8) is 0 Å².